The van der Waals surface area contributed by atoms with Crippen molar-refractivity contribution in [2.45, 2.75) is 0 Å². The van der Waals surface area contributed by atoms with Gasteiger partial charge in [0.25, 0.3) is 0 Å². The number of halogens is 1. The lowest BCUT2D eigenvalue weighted by atomic mass is 10.3. The highest BCUT2D eigenvalue weighted by Gasteiger charge is 2.07. The fraction of sp³-hybridized carbons (Fsp3) is 0.125. The maximum Gasteiger partial charge on any atom is 0.332 e. The Balaban J connectivity index is 2.70. The summed E-state index contributed by atoms with van der Waals surface area (Å²) in [5, 5.41) is 17.0. The summed E-state index contributed by atoms with van der Waals surface area (Å²) in [5.41, 5.74) is 2.47. The fourth-order valence-electron chi connectivity index (χ4n) is 0.767. The Morgan fingerprint density at radius 1 is 1.80 bits per heavy atom. The minimum absolute atomic E-state index is 0.0883. The molecule has 0 spiro atoms. The molecule has 78 valence electrons. The van der Waals surface area contributed by atoms with E-state index in [9.17, 15) is 4.79 Å². The predicted octanol–water partition coefficient (Wildman–Crippen LogP) is 1.03. The molecule has 1 heterocycles. The highest BCUT2D eigenvalue weighted by Crippen LogP contribution is 2.22. The van der Waals surface area contributed by atoms with E-state index in [1.807, 2.05) is 6.07 Å². The summed E-state index contributed by atoms with van der Waals surface area (Å²) in [6.07, 6.45) is 1.36. The van der Waals surface area contributed by atoms with E-state index >= 15 is 0 Å². The monoisotopic (exact) mass is 227 g/mol. The van der Waals surface area contributed by atoms with Gasteiger partial charge in [-0.25, -0.2) is 15.3 Å². The number of hydrogen-bond acceptors (Lipinski definition) is 5. The molecule has 6 nitrogen and oxygen atoms in total. The van der Waals surface area contributed by atoms with Crippen LogP contribution in [-0.4, -0.2) is 22.7 Å². The Morgan fingerprint density at radius 3 is 3.13 bits per heavy atom. The lowest BCUT2D eigenvalue weighted by molar-refractivity contribution is -0.141. The van der Waals surface area contributed by atoms with Crippen molar-refractivity contribution in [2.24, 2.45) is 0 Å². The van der Waals surface area contributed by atoms with Gasteiger partial charge in [0.05, 0.1) is 5.56 Å². The van der Waals surface area contributed by atoms with E-state index in [1.54, 1.807) is 0 Å². The second-order valence-electron chi connectivity index (χ2n) is 2.42. The highest BCUT2D eigenvalue weighted by atomic mass is 35.5. The normalized spacial score (nSPS) is 9.33. The van der Waals surface area contributed by atoms with E-state index < -0.39 is 12.6 Å². The van der Waals surface area contributed by atoms with Crippen LogP contribution in [-0.2, 0) is 9.63 Å². The van der Waals surface area contributed by atoms with Crippen molar-refractivity contribution in [3.8, 4) is 6.07 Å². The van der Waals surface area contributed by atoms with Gasteiger partial charge < -0.3 is 5.11 Å². The first kappa shape index (κ1) is 11.2. The lowest BCUT2D eigenvalue weighted by Crippen LogP contribution is -2.12. The van der Waals surface area contributed by atoms with Crippen LogP contribution in [0.1, 0.15) is 5.56 Å². The molecule has 1 rings (SSSR count). The Hall–Kier alpha value is -1.84. The molecule has 0 aliphatic carbocycles. The van der Waals surface area contributed by atoms with Crippen LogP contribution in [0.2, 0.25) is 5.02 Å². The van der Waals surface area contributed by atoms with Gasteiger partial charge in [0.15, 0.2) is 12.4 Å². The Morgan fingerprint density at radius 2 is 2.53 bits per heavy atom. The number of nitrogens with zero attached hydrogens (tertiary/aromatic N) is 2. The van der Waals surface area contributed by atoms with Gasteiger partial charge in [0.2, 0.25) is 0 Å². The minimum Gasteiger partial charge on any atom is -0.479 e. The molecule has 0 radical (unpaired) electrons. The fourth-order valence-corrected chi connectivity index (χ4v) is 0.960. The van der Waals surface area contributed by atoms with E-state index in [-0.39, 0.29) is 16.4 Å². The van der Waals surface area contributed by atoms with Gasteiger partial charge >= 0.3 is 5.97 Å². The third-order valence-electron chi connectivity index (χ3n) is 1.37. The van der Waals surface area contributed by atoms with Crippen LogP contribution in [0.15, 0.2) is 12.3 Å². The van der Waals surface area contributed by atoms with Crippen molar-refractivity contribution in [3.05, 3.63) is 22.8 Å². The number of rotatable bonds is 4. The van der Waals surface area contributed by atoms with E-state index in [0.717, 1.165) is 0 Å². The Labute approximate surface area is 90.0 Å². The van der Waals surface area contributed by atoms with Gasteiger partial charge in [0, 0.05) is 6.20 Å². The molecule has 0 bridgehead atoms. The second-order valence-corrected chi connectivity index (χ2v) is 2.80. The number of anilines is 1. The number of carboxylic acids is 1. The van der Waals surface area contributed by atoms with Crippen molar-refractivity contribution in [2.75, 3.05) is 12.1 Å². The average Bonchev–Trinajstić information content (AvgIpc) is 2.20. The molecule has 0 aromatic carbocycles. The van der Waals surface area contributed by atoms with E-state index in [2.05, 4.69) is 15.3 Å². The first-order chi connectivity index (χ1) is 7.15. The number of nitriles is 1. The zero-order valence-corrected chi connectivity index (χ0v) is 8.15. The molecule has 0 saturated carbocycles. The molecule has 0 aliphatic rings. The summed E-state index contributed by atoms with van der Waals surface area (Å²) in [6.45, 7) is -0.533. The van der Waals surface area contributed by atoms with E-state index in [4.69, 9.17) is 22.0 Å². The first-order valence-corrected chi connectivity index (χ1v) is 4.17. The molecule has 0 unspecified atom stereocenters. The van der Waals surface area contributed by atoms with Crippen molar-refractivity contribution >= 4 is 23.4 Å². The standard InChI is InChI=1S/C8H6ClN3O3/c9-7-5(3-10)1-2-11-8(7)12-15-4-6(13)14/h1-2H,4H2,(H,11,12)(H,13,14). The summed E-state index contributed by atoms with van der Waals surface area (Å²) < 4.78 is 0. The summed E-state index contributed by atoms with van der Waals surface area (Å²) in [7, 11) is 0. The van der Waals surface area contributed by atoms with Crippen LogP contribution >= 0.6 is 11.6 Å². The minimum atomic E-state index is -1.13. The van der Waals surface area contributed by atoms with E-state index in [0.29, 0.717) is 0 Å². The third-order valence-corrected chi connectivity index (χ3v) is 1.76. The maximum atomic E-state index is 10.1. The molecule has 2 N–H and O–H groups in total. The predicted molar refractivity (Wildman–Crippen MR) is 51.2 cm³/mol. The van der Waals surface area contributed by atoms with Crippen LogP contribution in [0.4, 0.5) is 5.82 Å². The molecular weight excluding hydrogens is 222 g/mol. The molecule has 0 fully saturated rings. The molecule has 0 aliphatic heterocycles. The van der Waals surface area contributed by atoms with Crippen LogP contribution in [0.5, 0.6) is 0 Å². The summed E-state index contributed by atoms with van der Waals surface area (Å²) >= 11 is 5.75. The lowest BCUT2D eigenvalue weighted by Gasteiger charge is -2.05. The van der Waals surface area contributed by atoms with Gasteiger partial charge in [-0.1, -0.05) is 11.6 Å². The SMILES string of the molecule is N#Cc1ccnc(NOCC(=O)O)c1Cl. The molecular formula is C8H6ClN3O3. The average molecular weight is 228 g/mol. The molecule has 0 atom stereocenters. The summed E-state index contributed by atoms with van der Waals surface area (Å²) in [6, 6.07) is 3.29. The van der Waals surface area contributed by atoms with E-state index in [1.165, 1.54) is 12.3 Å². The first-order valence-electron chi connectivity index (χ1n) is 3.79. The molecule has 15 heavy (non-hydrogen) atoms. The van der Waals surface area contributed by atoms with Gasteiger partial charge in [-0.05, 0) is 6.07 Å². The van der Waals surface area contributed by atoms with Crippen molar-refractivity contribution in [1.82, 2.24) is 4.98 Å². The number of nitrogens with one attached hydrogen (secondary N) is 1. The Bertz CT molecular complexity index is 416. The number of carbonyl (C=O) groups is 1. The van der Waals surface area contributed by atoms with Crippen LogP contribution in [0.25, 0.3) is 0 Å². The van der Waals surface area contributed by atoms with Crippen molar-refractivity contribution in [1.29, 1.82) is 5.26 Å². The maximum absolute atomic E-state index is 10.1. The van der Waals surface area contributed by atoms with Crippen LogP contribution in [0.3, 0.4) is 0 Å². The van der Waals surface area contributed by atoms with Gasteiger partial charge in [-0.3, -0.25) is 4.84 Å². The summed E-state index contributed by atoms with van der Waals surface area (Å²) in [5.74, 6) is -1.02. The zero-order valence-electron chi connectivity index (χ0n) is 7.40. The molecule has 0 saturated heterocycles. The molecule has 0 amide bonds. The number of aliphatic carboxylic acids is 1. The largest absolute Gasteiger partial charge is 0.479 e. The smallest absolute Gasteiger partial charge is 0.332 e. The van der Waals surface area contributed by atoms with Crippen molar-refractivity contribution in [3.63, 3.8) is 0 Å². The second kappa shape index (κ2) is 5.14. The third kappa shape index (κ3) is 3.09. The van der Waals surface area contributed by atoms with Gasteiger partial charge in [0.1, 0.15) is 11.1 Å². The van der Waals surface area contributed by atoms with Crippen LogP contribution < -0.4 is 5.48 Å². The van der Waals surface area contributed by atoms with Gasteiger partial charge in [-0.2, -0.15) is 5.26 Å². The molecule has 1 aromatic rings. The number of carboxylic acid groups (broad SMARTS) is 1. The van der Waals surface area contributed by atoms with Gasteiger partial charge in [-0.15, -0.1) is 0 Å². The molecule has 7 heteroatoms. The number of hydrogen-bond donors (Lipinski definition) is 2. The Kier molecular flexibility index (Phi) is 3.85. The topological polar surface area (TPSA) is 95.2 Å². The number of pyridine rings is 1. The van der Waals surface area contributed by atoms with Crippen LogP contribution in [0, 0.1) is 11.3 Å². The number of aromatic nitrogens is 1. The van der Waals surface area contributed by atoms with Crippen molar-refractivity contribution < 1.29 is 14.7 Å². The molecule has 1 aromatic heterocycles. The zero-order chi connectivity index (χ0) is 11.3. The quantitative estimate of drug-likeness (QED) is 0.746. The summed E-state index contributed by atoms with van der Waals surface area (Å²) in [4.78, 5) is 18.5. The highest BCUT2D eigenvalue weighted by molar-refractivity contribution is 6.34.